The van der Waals surface area contributed by atoms with Crippen molar-refractivity contribution in [3.05, 3.63) is 33.8 Å². The van der Waals surface area contributed by atoms with Gasteiger partial charge >= 0.3 is 0 Å². The van der Waals surface area contributed by atoms with Gasteiger partial charge in [0, 0.05) is 15.6 Å². The van der Waals surface area contributed by atoms with E-state index < -0.39 is 0 Å². The molecule has 1 aliphatic rings. The summed E-state index contributed by atoms with van der Waals surface area (Å²) in [6.45, 7) is 0.779. The summed E-state index contributed by atoms with van der Waals surface area (Å²) in [6.07, 6.45) is 0.208. The molecule has 0 saturated carbocycles. The monoisotopic (exact) mass is 188 g/mol. The molecule has 0 aliphatic carbocycles. The van der Waals surface area contributed by atoms with E-state index in [1.54, 1.807) is 6.07 Å². The Kier molecular flexibility index (Phi) is 1.80. The van der Waals surface area contributed by atoms with Crippen LogP contribution in [-0.4, -0.2) is 6.61 Å². The lowest BCUT2D eigenvalue weighted by Crippen LogP contribution is -1.81. The van der Waals surface area contributed by atoms with E-state index in [0.29, 0.717) is 10.0 Å². The van der Waals surface area contributed by atoms with Crippen molar-refractivity contribution in [1.82, 2.24) is 0 Å². The van der Waals surface area contributed by atoms with E-state index in [2.05, 4.69) is 0 Å². The SMILES string of the molecule is Clc1ccc(C2CO2)c(Cl)c1. The third kappa shape index (κ3) is 1.51. The fraction of sp³-hybridized carbons (Fsp3) is 0.250. The fourth-order valence-corrected chi connectivity index (χ4v) is 1.52. The van der Waals surface area contributed by atoms with Gasteiger partial charge in [0.05, 0.1) is 6.61 Å². The number of epoxide rings is 1. The number of rotatable bonds is 1. The van der Waals surface area contributed by atoms with Crippen LogP contribution < -0.4 is 0 Å². The molecule has 1 aliphatic heterocycles. The molecule has 1 aromatic rings. The average molecular weight is 189 g/mol. The second kappa shape index (κ2) is 2.67. The van der Waals surface area contributed by atoms with Crippen molar-refractivity contribution < 1.29 is 4.74 Å². The van der Waals surface area contributed by atoms with Crippen LogP contribution in [0.15, 0.2) is 18.2 Å². The number of benzene rings is 1. The minimum Gasteiger partial charge on any atom is -0.368 e. The maximum Gasteiger partial charge on any atom is 0.107 e. The van der Waals surface area contributed by atoms with Crippen LogP contribution in [0.5, 0.6) is 0 Å². The summed E-state index contributed by atoms with van der Waals surface area (Å²) < 4.78 is 5.09. The Bertz CT molecular complexity index is 281. The maximum absolute atomic E-state index is 5.90. The number of ether oxygens (including phenoxy) is 1. The Morgan fingerprint density at radius 2 is 2.09 bits per heavy atom. The Labute approximate surface area is 74.9 Å². The van der Waals surface area contributed by atoms with Crippen molar-refractivity contribution in [2.75, 3.05) is 6.61 Å². The van der Waals surface area contributed by atoms with Crippen molar-refractivity contribution in [3.63, 3.8) is 0 Å². The van der Waals surface area contributed by atoms with Gasteiger partial charge in [-0.3, -0.25) is 0 Å². The van der Waals surface area contributed by atoms with E-state index in [-0.39, 0.29) is 6.10 Å². The molecular formula is C8H6Cl2O. The Morgan fingerprint density at radius 3 is 2.64 bits per heavy atom. The van der Waals surface area contributed by atoms with E-state index in [0.717, 1.165) is 12.2 Å². The van der Waals surface area contributed by atoms with Gasteiger partial charge in [0.2, 0.25) is 0 Å². The molecule has 1 fully saturated rings. The van der Waals surface area contributed by atoms with Gasteiger partial charge in [-0.2, -0.15) is 0 Å². The Hall–Kier alpha value is -0.240. The first kappa shape index (κ1) is 7.41. The van der Waals surface area contributed by atoms with Crippen LogP contribution in [0.4, 0.5) is 0 Å². The third-order valence-electron chi connectivity index (χ3n) is 1.64. The Balaban J connectivity index is 2.39. The van der Waals surface area contributed by atoms with Crippen molar-refractivity contribution in [3.8, 4) is 0 Å². The molecule has 1 heterocycles. The van der Waals surface area contributed by atoms with Gasteiger partial charge in [0.25, 0.3) is 0 Å². The van der Waals surface area contributed by atoms with Crippen LogP contribution in [0, 0.1) is 0 Å². The van der Waals surface area contributed by atoms with Crippen molar-refractivity contribution in [2.45, 2.75) is 6.10 Å². The first-order chi connectivity index (χ1) is 5.27. The quantitative estimate of drug-likeness (QED) is 0.618. The second-order valence-corrected chi connectivity index (χ2v) is 3.33. The molecule has 3 heteroatoms. The van der Waals surface area contributed by atoms with E-state index in [4.69, 9.17) is 27.9 Å². The summed E-state index contributed by atoms with van der Waals surface area (Å²) in [4.78, 5) is 0. The highest BCUT2D eigenvalue weighted by Gasteiger charge is 2.26. The highest BCUT2D eigenvalue weighted by molar-refractivity contribution is 6.35. The zero-order valence-electron chi connectivity index (χ0n) is 5.68. The molecule has 2 rings (SSSR count). The van der Waals surface area contributed by atoms with Gasteiger partial charge in [-0.1, -0.05) is 29.3 Å². The highest BCUT2D eigenvalue weighted by atomic mass is 35.5. The van der Waals surface area contributed by atoms with Crippen LogP contribution in [0.3, 0.4) is 0 Å². The molecule has 58 valence electrons. The lowest BCUT2D eigenvalue weighted by Gasteiger charge is -1.98. The van der Waals surface area contributed by atoms with Gasteiger partial charge in [-0.05, 0) is 12.1 Å². The molecule has 0 N–H and O–H groups in total. The number of hydrogen-bond acceptors (Lipinski definition) is 1. The van der Waals surface area contributed by atoms with Crippen molar-refractivity contribution in [1.29, 1.82) is 0 Å². The normalized spacial score (nSPS) is 21.8. The van der Waals surface area contributed by atoms with Crippen molar-refractivity contribution >= 4 is 23.2 Å². The lowest BCUT2D eigenvalue weighted by molar-refractivity contribution is 0.416. The number of halogens is 2. The van der Waals surface area contributed by atoms with Crippen LogP contribution in [0.2, 0.25) is 10.0 Å². The minimum atomic E-state index is 0.208. The summed E-state index contributed by atoms with van der Waals surface area (Å²) in [5, 5.41) is 1.36. The van der Waals surface area contributed by atoms with Gasteiger partial charge in [-0.15, -0.1) is 0 Å². The molecule has 1 atom stereocenters. The molecular weight excluding hydrogens is 183 g/mol. The first-order valence-corrected chi connectivity index (χ1v) is 4.09. The maximum atomic E-state index is 5.90. The van der Waals surface area contributed by atoms with Crippen LogP contribution >= 0.6 is 23.2 Å². The topological polar surface area (TPSA) is 12.5 Å². The zero-order valence-corrected chi connectivity index (χ0v) is 7.19. The summed E-state index contributed by atoms with van der Waals surface area (Å²) >= 11 is 11.6. The van der Waals surface area contributed by atoms with Gasteiger partial charge in [0.1, 0.15) is 6.10 Å². The Morgan fingerprint density at radius 1 is 1.36 bits per heavy atom. The van der Waals surface area contributed by atoms with Gasteiger partial charge in [-0.25, -0.2) is 0 Å². The standard InChI is InChI=1S/C8H6Cl2O/c9-5-1-2-6(7(10)3-5)8-4-11-8/h1-3,8H,4H2. The first-order valence-electron chi connectivity index (χ1n) is 3.34. The molecule has 0 bridgehead atoms. The predicted octanol–water partition coefficient (Wildman–Crippen LogP) is 3.06. The minimum absolute atomic E-state index is 0.208. The molecule has 1 nitrogen and oxygen atoms in total. The molecule has 0 amide bonds. The molecule has 11 heavy (non-hydrogen) atoms. The van der Waals surface area contributed by atoms with E-state index in [9.17, 15) is 0 Å². The van der Waals surface area contributed by atoms with Gasteiger partial charge in [0.15, 0.2) is 0 Å². The molecule has 1 unspecified atom stereocenters. The predicted molar refractivity (Wildman–Crippen MR) is 45.2 cm³/mol. The zero-order chi connectivity index (χ0) is 7.84. The smallest absolute Gasteiger partial charge is 0.107 e. The summed E-state index contributed by atoms with van der Waals surface area (Å²) in [6, 6.07) is 5.47. The summed E-state index contributed by atoms with van der Waals surface area (Å²) in [5.41, 5.74) is 1.04. The van der Waals surface area contributed by atoms with Gasteiger partial charge < -0.3 is 4.74 Å². The summed E-state index contributed by atoms with van der Waals surface area (Å²) in [5.74, 6) is 0. The summed E-state index contributed by atoms with van der Waals surface area (Å²) in [7, 11) is 0. The second-order valence-electron chi connectivity index (χ2n) is 2.49. The third-order valence-corrected chi connectivity index (χ3v) is 2.21. The molecule has 1 aromatic carbocycles. The van der Waals surface area contributed by atoms with Crippen LogP contribution in [0.1, 0.15) is 11.7 Å². The highest BCUT2D eigenvalue weighted by Crippen LogP contribution is 2.35. The fourth-order valence-electron chi connectivity index (χ4n) is 0.990. The van der Waals surface area contributed by atoms with E-state index in [1.165, 1.54) is 0 Å². The lowest BCUT2D eigenvalue weighted by atomic mass is 10.2. The molecule has 0 radical (unpaired) electrons. The van der Waals surface area contributed by atoms with Crippen LogP contribution in [-0.2, 0) is 4.74 Å². The molecule has 1 saturated heterocycles. The van der Waals surface area contributed by atoms with Crippen LogP contribution in [0.25, 0.3) is 0 Å². The van der Waals surface area contributed by atoms with E-state index >= 15 is 0 Å². The number of hydrogen-bond donors (Lipinski definition) is 0. The van der Waals surface area contributed by atoms with E-state index in [1.807, 2.05) is 12.1 Å². The molecule has 0 spiro atoms. The molecule has 0 aromatic heterocycles. The average Bonchev–Trinajstić information content (AvgIpc) is 2.70. The van der Waals surface area contributed by atoms with Crippen molar-refractivity contribution in [2.24, 2.45) is 0 Å². The largest absolute Gasteiger partial charge is 0.368 e.